The zero-order chi connectivity index (χ0) is 67.8. The number of methoxy groups -OCH3 is 3. The fraction of sp³-hybridized carbons (Fsp3) is 0.0562. The molecule has 0 atom stereocenters. The van der Waals surface area contributed by atoms with Gasteiger partial charge in [-0.1, -0.05) is 133 Å². The van der Waals surface area contributed by atoms with E-state index >= 15 is 0 Å². The maximum atomic E-state index is 11.9. The van der Waals surface area contributed by atoms with Gasteiger partial charge in [0.2, 0.25) is 0 Å². The molecule has 0 spiro atoms. The van der Waals surface area contributed by atoms with Crippen molar-refractivity contribution < 1.29 is 23.8 Å². The van der Waals surface area contributed by atoms with Crippen LogP contribution in [-0.2, 0) is 12.3 Å². The molecule has 484 valence electrons. The van der Waals surface area contributed by atoms with Gasteiger partial charge in [0, 0.05) is 16.7 Å². The zero-order valence-electron chi connectivity index (χ0n) is 54.8. The van der Waals surface area contributed by atoms with Gasteiger partial charge in [-0.2, -0.15) is 0 Å². The quantitative estimate of drug-likeness (QED) is 0.0459. The number of carbonyl (C=O) groups excluding carboxylic acids is 2. The van der Waals surface area contributed by atoms with E-state index in [1.165, 1.54) is 26.9 Å². The first kappa shape index (κ1) is 67.5. The van der Waals surface area contributed by atoms with Crippen LogP contribution in [0.1, 0.15) is 54.1 Å². The minimum atomic E-state index is -3.70. The molecule has 14 aromatic carbocycles. The molecule has 0 radical (unpaired) electrons. The number of hydrogen-bond acceptors (Lipinski definition) is 5. The van der Waals surface area contributed by atoms with Crippen molar-refractivity contribution in [3.63, 3.8) is 0 Å². The zero-order valence-corrected chi connectivity index (χ0v) is 58.1. The summed E-state index contributed by atoms with van der Waals surface area (Å²) in [7, 11) is 5.12. The van der Waals surface area contributed by atoms with E-state index in [0.29, 0.717) is 17.9 Å². The second-order valence-corrected chi connectivity index (χ2v) is 37.1. The summed E-state index contributed by atoms with van der Waals surface area (Å²) in [6.07, 6.45) is 10.8. The molecule has 0 aliphatic rings. The van der Waals surface area contributed by atoms with Crippen molar-refractivity contribution in [2.75, 3.05) is 21.3 Å². The predicted octanol–water partition coefficient (Wildman–Crippen LogP) is 20.9. The van der Waals surface area contributed by atoms with Gasteiger partial charge in [-0.05, 0) is 79.3 Å². The van der Waals surface area contributed by atoms with Crippen LogP contribution in [0.5, 0.6) is 17.2 Å². The van der Waals surface area contributed by atoms with Crippen LogP contribution in [0.25, 0.3) is 56.6 Å². The Morgan fingerprint density at radius 2 is 0.551 bits per heavy atom. The first-order valence-electron chi connectivity index (χ1n) is 32.4. The van der Waals surface area contributed by atoms with E-state index in [0.717, 1.165) is 106 Å². The number of hydrogen-bond donors (Lipinski definition) is 0. The van der Waals surface area contributed by atoms with Gasteiger partial charge in [0.05, 0.1) is 7.11 Å². The molecule has 14 aromatic rings. The number of carbonyl (C=O) groups is 2. The predicted molar refractivity (Wildman–Crippen MR) is 422 cm³/mol. The molecular formula is C89H74Cl2O5P2. The Kier molecular flexibility index (Phi) is 20.9. The molecule has 0 fully saturated rings. The Hall–Kier alpha value is -10.5. The van der Waals surface area contributed by atoms with Crippen LogP contribution in [0.3, 0.4) is 0 Å². The average molecular weight is 1360 g/mol. The summed E-state index contributed by atoms with van der Waals surface area (Å²) in [4.78, 5) is 22.3. The second kappa shape index (κ2) is 30.3. The maximum absolute atomic E-state index is 11.9. The Labute approximate surface area is 584 Å². The molecule has 0 aliphatic heterocycles. The fourth-order valence-electron chi connectivity index (χ4n) is 13.2. The molecule has 0 aromatic heterocycles. The number of aldehydes is 2. The molecule has 0 saturated carbocycles. The Balaban J connectivity index is 0.000000168. The molecule has 98 heavy (non-hydrogen) atoms. The molecular weight excluding hydrogens is 1280 g/mol. The number of fused-ring (bicyclic) bond motifs is 3. The summed E-state index contributed by atoms with van der Waals surface area (Å²) < 4.78 is 18.3. The third-order valence-corrected chi connectivity index (χ3v) is 32.7. The maximum Gasteiger partial charge on any atom is 0.150 e. The van der Waals surface area contributed by atoms with Crippen molar-refractivity contribution in [3.05, 3.63) is 378 Å². The van der Waals surface area contributed by atoms with Crippen LogP contribution in [0, 0.1) is 0 Å². The van der Waals surface area contributed by atoms with Gasteiger partial charge in [0.1, 0.15) is 12.0 Å². The van der Waals surface area contributed by atoms with E-state index in [9.17, 15) is 9.59 Å². The molecule has 0 bridgehead atoms. The molecule has 9 heteroatoms. The van der Waals surface area contributed by atoms with E-state index in [1.807, 2.05) is 140 Å². The second-order valence-electron chi connectivity index (χ2n) is 24.1. The minimum Gasteiger partial charge on any atom is -0.298 e. The van der Waals surface area contributed by atoms with E-state index in [4.69, 9.17) is 36.7 Å². The van der Waals surface area contributed by atoms with Crippen LogP contribution >= 0.6 is 34.4 Å². The topological polar surface area (TPSA) is 61.8 Å². The molecule has 5 nitrogen and oxygen atoms in total. The van der Waals surface area contributed by atoms with Gasteiger partial charge in [-0.3, -0.25) is 9.59 Å². The fourth-order valence-corrected chi connectivity index (χ4v) is 25.5. The van der Waals surface area contributed by atoms with Gasteiger partial charge in [-0.15, -0.1) is 0 Å². The van der Waals surface area contributed by atoms with Gasteiger partial charge >= 0.3 is 319 Å². The van der Waals surface area contributed by atoms with E-state index < -0.39 is 11.9 Å². The Bertz CT molecular complexity index is 4790. The monoisotopic (exact) mass is 1350 g/mol. The van der Waals surface area contributed by atoms with Crippen molar-refractivity contribution >= 4 is 135 Å². The standard InChI is InChI=1S/C46H42Cl2O2P2.C32H24O2.C11H8O/c1-49-45-33-38(36-52(48,42-27-15-6-16-28-42,43-29-17-7-18-30-43)44-31-19-8-20-32-44)46(50-2)34-37(45)35-51(47,39-21-9-3-10-22-39,40-23-11-4-12-24-40)41-25-13-5-14-26-41;1-34-32-21-29(16-12-23-10-14-25-6-2-4-8-27(25)18-23)31(22-33)20-30(32)17-13-24-11-15-26-7-3-5-9-28(26)19-24;12-8-9-5-6-10-3-1-2-4-11(10)7-9/h3-34H,35-36H2,1-2H3;2-22H,1H3;1-8H/b;16-12+,17-13+;. The van der Waals surface area contributed by atoms with Crippen molar-refractivity contribution in [1.29, 1.82) is 0 Å². The average Bonchev–Trinajstić information content (AvgIpc) is 0.710. The summed E-state index contributed by atoms with van der Waals surface area (Å²) in [5.41, 5.74) is 7.12. The van der Waals surface area contributed by atoms with Crippen LogP contribution < -0.4 is 46.0 Å². The molecule has 0 saturated heterocycles. The summed E-state index contributed by atoms with van der Waals surface area (Å²) in [6, 6.07) is 114. The normalized spacial score (nSPS) is 12.3. The van der Waals surface area contributed by atoms with Crippen LogP contribution in [-0.4, -0.2) is 33.9 Å². The van der Waals surface area contributed by atoms with Gasteiger partial charge < -0.3 is 4.74 Å². The summed E-state index contributed by atoms with van der Waals surface area (Å²) in [5.74, 6) is -5.19. The summed E-state index contributed by atoms with van der Waals surface area (Å²) >= 11 is 17.1. The van der Waals surface area contributed by atoms with E-state index in [2.05, 4.69) is 218 Å². The Morgan fingerprint density at radius 1 is 0.265 bits per heavy atom. The minimum absolute atomic E-state index is 0.505. The van der Waals surface area contributed by atoms with Crippen LogP contribution in [0.15, 0.2) is 334 Å². The van der Waals surface area contributed by atoms with Crippen LogP contribution in [0.4, 0.5) is 0 Å². The third kappa shape index (κ3) is 13.9. The SMILES string of the molecule is COc1cc(/C=C/c2ccc3ccccc3c2)c(C=O)cc1/C=C/c1ccc2ccccc2c1.COc1cc(CP(Cl)(c2ccccc2)(c2ccccc2)c2ccccc2)c(OC)cc1CP(Cl)(c1ccccc1)(c1ccccc1)c1ccccc1.O=Cc1ccc2ccccc2c1. The van der Waals surface area contributed by atoms with Gasteiger partial charge in [-0.25, -0.2) is 0 Å². The summed E-state index contributed by atoms with van der Waals surface area (Å²) in [6.45, 7) is 0. The number of rotatable bonds is 19. The molecule has 14 rings (SSSR count). The van der Waals surface area contributed by atoms with Crippen molar-refractivity contribution in [1.82, 2.24) is 0 Å². The van der Waals surface area contributed by atoms with Crippen molar-refractivity contribution in [2.45, 2.75) is 12.3 Å². The van der Waals surface area contributed by atoms with Crippen molar-refractivity contribution in [2.24, 2.45) is 0 Å². The first-order valence-corrected chi connectivity index (χ1v) is 39.1. The molecule has 0 N–H and O–H groups in total. The van der Waals surface area contributed by atoms with Crippen molar-refractivity contribution in [3.8, 4) is 17.2 Å². The molecule has 0 aliphatic carbocycles. The number of halogens is 2. The number of ether oxygens (including phenoxy) is 3. The smallest absolute Gasteiger partial charge is 0.150 e. The first-order chi connectivity index (χ1) is 47.9. The molecule has 0 heterocycles. The Morgan fingerprint density at radius 3 is 0.857 bits per heavy atom. The molecule has 0 unspecified atom stereocenters. The van der Waals surface area contributed by atoms with Gasteiger partial charge in [0.15, 0.2) is 6.29 Å². The van der Waals surface area contributed by atoms with E-state index in [-0.39, 0.29) is 0 Å². The van der Waals surface area contributed by atoms with Crippen LogP contribution in [0.2, 0.25) is 0 Å². The summed E-state index contributed by atoms with van der Waals surface area (Å²) in [5, 5.41) is 13.6. The van der Waals surface area contributed by atoms with Gasteiger partial charge in [0.25, 0.3) is 0 Å². The number of benzene rings is 14. The third-order valence-electron chi connectivity index (χ3n) is 18.3. The van der Waals surface area contributed by atoms with E-state index in [1.54, 1.807) is 21.3 Å². The largest absolute Gasteiger partial charge is 0.298 e. The molecule has 0 amide bonds.